The maximum Gasteiger partial charge on any atom is 0.239 e. The van der Waals surface area contributed by atoms with E-state index < -0.39 is 0 Å². The highest BCUT2D eigenvalue weighted by molar-refractivity contribution is 5.80. The Kier molecular flexibility index (Phi) is 5.38. The van der Waals surface area contributed by atoms with Crippen molar-refractivity contribution in [3.63, 3.8) is 0 Å². The van der Waals surface area contributed by atoms with E-state index in [4.69, 9.17) is 5.26 Å². The predicted molar refractivity (Wildman–Crippen MR) is 109 cm³/mol. The third-order valence-electron chi connectivity index (χ3n) is 4.49. The molecule has 146 valence electrons. The molecule has 1 aliphatic rings. The Morgan fingerprint density at radius 1 is 1.17 bits per heavy atom. The third kappa shape index (κ3) is 5.11. The van der Waals surface area contributed by atoms with Crippen LogP contribution in [0.5, 0.6) is 0 Å². The number of anilines is 2. The van der Waals surface area contributed by atoms with Crippen molar-refractivity contribution in [1.82, 2.24) is 19.9 Å². The summed E-state index contributed by atoms with van der Waals surface area (Å²) in [4.78, 5) is 21.2. The van der Waals surface area contributed by atoms with E-state index in [-0.39, 0.29) is 12.5 Å². The summed E-state index contributed by atoms with van der Waals surface area (Å²) in [5, 5.41) is 18.1. The molecule has 2 heterocycles. The van der Waals surface area contributed by atoms with Gasteiger partial charge in [-0.2, -0.15) is 15.2 Å². The van der Waals surface area contributed by atoms with Gasteiger partial charge in [0, 0.05) is 31.0 Å². The van der Waals surface area contributed by atoms with Gasteiger partial charge in [0.15, 0.2) is 0 Å². The molecular weight excluding hydrogens is 366 g/mol. The average Bonchev–Trinajstić information content (AvgIpc) is 3.38. The molecule has 29 heavy (non-hydrogen) atoms. The molecule has 0 radical (unpaired) electrons. The van der Waals surface area contributed by atoms with Crippen molar-refractivity contribution < 1.29 is 4.79 Å². The highest BCUT2D eigenvalue weighted by Gasteiger charge is 2.22. The second-order valence-corrected chi connectivity index (χ2v) is 6.88. The van der Waals surface area contributed by atoms with Crippen LogP contribution in [0, 0.1) is 11.3 Å². The van der Waals surface area contributed by atoms with Gasteiger partial charge in [-0.1, -0.05) is 12.1 Å². The van der Waals surface area contributed by atoms with E-state index in [1.54, 1.807) is 12.1 Å². The maximum absolute atomic E-state index is 12.2. The van der Waals surface area contributed by atoms with Crippen molar-refractivity contribution in [3.05, 3.63) is 66.0 Å². The van der Waals surface area contributed by atoms with Crippen molar-refractivity contribution >= 4 is 17.7 Å². The van der Waals surface area contributed by atoms with Crippen LogP contribution in [0.4, 0.5) is 11.8 Å². The van der Waals surface area contributed by atoms with Gasteiger partial charge >= 0.3 is 0 Å². The molecule has 0 atom stereocenters. The number of rotatable bonds is 8. The van der Waals surface area contributed by atoms with Crippen LogP contribution in [0.2, 0.25) is 0 Å². The summed E-state index contributed by atoms with van der Waals surface area (Å²) >= 11 is 0. The molecule has 0 unspecified atom stereocenters. The standard InChI is InChI=1S/C21H21N7O/c22-12-15-3-5-16(6-4-15)13-24-20(29)14-23-18-11-19(28-9-1-2-10-28)27-21(26-18)25-17-7-8-17/h1-6,9-11,17H,7-8,13-14H2,(H,24,29)(H2,23,25,26,27). The molecule has 1 aromatic carbocycles. The Hall–Kier alpha value is -3.86. The minimum atomic E-state index is -0.146. The fourth-order valence-corrected chi connectivity index (χ4v) is 2.75. The summed E-state index contributed by atoms with van der Waals surface area (Å²) in [6.45, 7) is 0.500. The Morgan fingerprint density at radius 2 is 1.93 bits per heavy atom. The van der Waals surface area contributed by atoms with Gasteiger partial charge in [-0.05, 0) is 42.7 Å². The van der Waals surface area contributed by atoms with Crippen molar-refractivity contribution in [3.8, 4) is 11.9 Å². The zero-order valence-corrected chi connectivity index (χ0v) is 15.8. The zero-order chi connectivity index (χ0) is 20.1. The Balaban J connectivity index is 1.36. The summed E-state index contributed by atoms with van der Waals surface area (Å²) in [5.41, 5.74) is 1.53. The van der Waals surface area contributed by atoms with E-state index in [1.807, 2.05) is 47.3 Å². The number of nitriles is 1. The molecule has 8 heteroatoms. The van der Waals surface area contributed by atoms with Crippen molar-refractivity contribution in [2.45, 2.75) is 25.4 Å². The van der Waals surface area contributed by atoms with Gasteiger partial charge in [-0.15, -0.1) is 0 Å². The van der Waals surface area contributed by atoms with Crippen LogP contribution in [0.25, 0.3) is 5.82 Å². The molecule has 8 nitrogen and oxygen atoms in total. The normalized spacial score (nSPS) is 12.8. The predicted octanol–water partition coefficient (Wildman–Crippen LogP) is 2.44. The topological polar surface area (TPSA) is 108 Å². The highest BCUT2D eigenvalue weighted by atomic mass is 16.1. The maximum atomic E-state index is 12.2. The average molecular weight is 387 g/mol. The lowest BCUT2D eigenvalue weighted by Gasteiger charge is -2.12. The van der Waals surface area contributed by atoms with Crippen molar-refractivity contribution in [2.24, 2.45) is 0 Å². The van der Waals surface area contributed by atoms with Crippen LogP contribution in [0.1, 0.15) is 24.0 Å². The number of carbonyl (C=O) groups excluding carboxylic acids is 1. The second-order valence-electron chi connectivity index (χ2n) is 6.88. The third-order valence-corrected chi connectivity index (χ3v) is 4.49. The smallest absolute Gasteiger partial charge is 0.239 e. The molecule has 3 N–H and O–H groups in total. The first-order valence-corrected chi connectivity index (χ1v) is 9.48. The molecule has 1 saturated carbocycles. The molecule has 0 spiro atoms. The van der Waals surface area contributed by atoms with Gasteiger partial charge in [0.25, 0.3) is 0 Å². The molecule has 1 fully saturated rings. The number of nitrogens with zero attached hydrogens (tertiary/aromatic N) is 4. The number of hydrogen-bond acceptors (Lipinski definition) is 6. The highest BCUT2D eigenvalue weighted by Crippen LogP contribution is 2.24. The fourth-order valence-electron chi connectivity index (χ4n) is 2.75. The van der Waals surface area contributed by atoms with E-state index in [2.05, 4.69) is 32.0 Å². The molecule has 1 amide bonds. The second kappa shape index (κ2) is 8.44. The largest absolute Gasteiger partial charge is 0.361 e. The molecule has 0 bridgehead atoms. The van der Waals surface area contributed by atoms with Gasteiger partial charge in [-0.25, -0.2) is 0 Å². The Morgan fingerprint density at radius 3 is 2.62 bits per heavy atom. The van der Waals surface area contributed by atoms with E-state index in [0.29, 0.717) is 29.9 Å². The summed E-state index contributed by atoms with van der Waals surface area (Å²) in [6.07, 6.45) is 6.07. The molecule has 0 aliphatic heterocycles. The Bertz CT molecular complexity index is 1020. The molecule has 4 rings (SSSR count). The van der Waals surface area contributed by atoms with Gasteiger partial charge in [0.2, 0.25) is 11.9 Å². The monoisotopic (exact) mass is 387 g/mol. The van der Waals surface area contributed by atoms with Gasteiger partial charge in [0.1, 0.15) is 11.6 Å². The SMILES string of the molecule is N#Cc1ccc(CNC(=O)CNc2cc(-n3cccc3)nc(NC3CC3)n2)cc1. The number of carbonyl (C=O) groups is 1. The molecule has 0 saturated heterocycles. The van der Waals surface area contributed by atoms with Crippen LogP contribution in [0.3, 0.4) is 0 Å². The van der Waals surface area contributed by atoms with E-state index in [1.165, 1.54) is 0 Å². The zero-order valence-electron chi connectivity index (χ0n) is 15.8. The van der Waals surface area contributed by atoms with Crippen molar-refractivity contribution in [2.75, 3.05) is 17.2 Å². The minimum Gasteiger partial charge on any atom is -0.361 e. The van der Waals surface area contributed by atoms with Crippen LogP contribution in [0.15, 0.2) is 54.9 Å². The first-order valence-electron chi connectivity index (χ1n) is 9.48. The van der Waals surface area contributed by atoms with Crippen LogP contribution >= 0.6 is 0 Å². The summed E-state index contributed by atoms with van der Waals surface area (Å²) in [5.74, 6) is 1.72. The quantitative estimate of drug-likeness (QED) is 0.548. The van der Waals surface area contributed by atoms with E-state index >= 15 is 0 Å². The first kappa shape index (κ1) is 18.5. The molecule has 3 aromatic rings. The number of benzene rings is 1. The lowest BCUT2D eigenvalue weighted by Crippen LogP contribution is -2.29. The van der Waals surface area contributed by atoms with Gasteiger partial charge in [-0.3, -0.25) is 4.79 Å². The number of aromatic nitrogens is 3. The van der Waals surface area contributed by atoms with Gasteiger partial charge < -0.3 is 20.5 Å². The Labute approximate surface area is 168 Å². The van der Waals surface area contributed by atoms with Crippen LogP contribution < -0.4 is 16.0 Å². The molecule has 2 aromatic heterocycles. The van der Waals surface area contributed by atoms with Crippen molar-refractivity contribution in [1.29, 1.82) is 5.26 Å². The van der Waals surface area contributed by atoms with E-state index in [9.17, 15) is 4.79 Å². The lowest BCUT2D eigenvalue weighted by atomic mass is 10.1. The summed E-state index contributed by atoms with van der Waals surface area (Å²) in [7, 11) is 0. The summed E-state index contributed by atoms with van der Waals surface area (Å²) < 4.78 is 1.90. The first-order chi connectivity index (χ1) is 14.2. The number of hydrogen-bond donors (Lipinski definition) is 3. The van der Waals surface area contributed by atoms with Gasteiger partial charge in [0.05, 0.1) is 18.2 Å². The number of nitrogens with one attached hydrogen (secondary N) is 3. The summed E-state index contributed by atoms with van der Waals surface area (Å²) in [6, 6.07) is 15.3. The van der Waals surface area contributed by atoms with Crippen LogP contribution in [-0.2, 0) is 11.3 Å². The van der Waals surface area contributed by atoms with E-state index in [0.717, 1.165) is 24.2 Å². The molecular formula is C21H21N7O. The molecule has 1 aliphatic carbocycles. The number of amides is 1. The van der Waals surface area contributed by atoms with Crippen LogP contribution in [-0.4, -0.2) is 33.0 Å². The lowest BCUT2D eigenvalue weighted by molar-refractivity contribution is -0.119. The fraction of sp³-hybridized carbons (Fsp3) is 0.238. The minimum absolute atomic E-state index is 0.0985.